The van der Waals surface area contributed by atoms with Crippen molar-refractivity contribution in [3.63, 3.8) is 0 Å². The van der Waals surface area contributed by atoms with Crippen LogP contribution in [-0.2, 0) is 0 Å². The minimum Gasteiger partial charge on any atom is -0.293 e. The Morgan fingerprint density at radius 3 is 2.79 bits per heavy atom. The van der Waals surface area contributed by atoms with Gasteiger partial charge in [0, 0.05) is 0 Å². The third-order valence-corrected chi connectivity index (χ3v) is 2.31. The number of halogens is 2. The van der Waals surface area contributed by atoms with Crippen LogP contribution in [0, 0.1) is 24.1 Å². The number of Topliss-reactive ketones (excluding diaryl/α,β-unsaturated/α-hetero) is 1. The fourth-order valence-electron chi connectivity index (χ4n) is 1.11. The zero-order valence-electron chi connectivity index (χ0n) is 7.47. The van der Waals surface area contributed by atoms with Crippen molar-refractivity contribution in [3.8, 4) is 6.07 Å². The molecule has 1 aromatic carbocycles. The summed E-state index contributed by atoms with van der Waals surface area (Å²) in [5, 5.41) is 8.69. The van der Waals surface area contributed by atoms with Crippen LogP contribution in [0.25, 0.3) is 0 Å². The van der Waals surface area contributed by atoms with Gasteiger partial charge in [-0.3, -0.25) is 4.79 Å². The second-order valence-electron chi connectivity index (χ2n) is 2.82. The van der Waals surface area contributed by atoms with E-state index in [0.29, 0.717) is 11.1 Å². The highest BCUT2D eigenvalue weighted by Crippen LogP contribution is 2.16. The summed E-state index contributed by atoms with van der Waals surface area (Å²) in [4.78, 5) is 11.3. The molecule has 0 amide bonds. The van der Waals surface area contributed by atoms with E-state index in [9.17, 15) is 9.18 Å². The fourth-order valence-corrected chi connectivity index (χ4v) is 1.41. The van der Waals surface area contributed by atoms with Crippen LogP contribution >= 0.6 is 15.9 Å². The number of aryl methyl sites for hydroxylation is 1. The van der Waals surface area contributed by atoms with Gasteiger partial charge in [0.05, 0.1) is 22.5 Å². The van der Waals surface area contributed by atoms with Gasteiger partial charge < -0.3 is 0 Å². The van der Waals surface area contributed by atoms with Crippen LogP contribution in [-0.4, -0.2) is 11.1 Å². The highest BCUT2D eigenvalue weighted by atomic mass is 79.9. The second-order valence-corrected chi connectivity index (χ2v) is 3.38. The summed E-state index contributed by atoms with van der Waals surface area (Å²) in [6, 6.07) is 4.57. The lowest BCUT2D eigenvalue weighted by molar-refractivity contribution is 0.102. The molecule has 0 fully saturated rings. The topological polar surface area (TPSA) is 40.9 Å². The maximum atomic E-state index is 13.4. The fraction of sp³-hybridized carbons (Fsp3) is 0.200. The van der Waals surface area contributed by atoms with E-state index in [4.69, 9.17) is 5.26 Å². The molecule has 0 radical (unpaired) electrons. The average Bonchev–Trinajstić information content (AvgIpc) is 2.20. The number of hydrogen-bond acceptors (Lipinski definition) is 2. The SMILES string of the molecule is Cc1cc(C#N)cc(C(=O)CBr)c1F. The van der Waals surface area contributed by atoms with Crippen molar-refractivity contribution in [1.29, 1.82) is 5.26 Å². The third kappa shape index (κ3) is 1.99. The van der Waals surface area contributed by atoms with Gasteiger partial charge in [-0.2, -0.15) is 5.26 Å². The Hall–Kier alpha value is -1.21. The number of alkyl halides is 1. The quantitative estimate of drug-likeness (QED) is 0.602. The van der Waals surface area contributed by atoms with Gasteiger partial charge >= 0.3 is 0 Å². The Morgan fingerprint density at radius 1 is 1.64 bits per heavy atom. The minimum absolute atomic E-state index is 0.0292. The molecule has 0 atom stereocenters. The summed E-state index contributed by atoms with van der Waals surface area (Å²) in [7, 11) is 0. The molecule has 0 aliphatic carbocycles. The maximum Gasteiger partial charge on any atom is 0.176 e. The summed E-state index contributed by atoms with van der Waals surface area (Å²) >= 11 is 2.96. The van der Waals surface area contributed by atoms with Crippen LogP contribution in [0.2, 0.25) is 0 Å². The monoisotopic (exact) mass is 255 g/mol. The molecule has 1 rings (SSSR count). The lowest BCUT2D eigenvalue weighted by Gasteiger charge is -2.03. The van der Waals surface area contributed by atoms with Crippen LogP contribution in [0.15, 0.2) is 12.1 Å². The molecular weight excluding hydrogens is 249 g/mol. The van der Waals surface area contributed by atoms with E-state index in [-0.39, 0.29) is 16.7 Å². The normalized spacial score (nSPS) is 9.57. The zero-order chi connectivity index (χ0) is 10.7. The standard InChI is InChI=1S/C10H7BrFNO/c1-6-2-7(5-13)3-8(10(6)12)9(14)4-11/h2-3H,4H2,1H3. The first-order chi connectivity index (χ1) is 6.60. The zero-order valence-corrected chi connectivity index (χ0v) is 9.06. The number of rotatable bonds is 2. The molecule has 2 nitrogen and oxygen atoms in total. The molecule has 14 heavy (non-hydrogen) atoms. The molecule has 0 aromatic heterocycles. The van der Waals surface area contributed by atoms with E-state index >= 15 is 0 Å². The summed E-state index contributed by atoms with van der Waals surface area (Å²) in [5.41, 5.74) is 0.583. The molecule has 72 valence electrons. The number of carbonyl (C=O) groups excluding carboxylic acids is 1. The van der Waals surface area contributed by atoms with Crippen molar-refractivity contribution in [2.75, 3.05) is 5.33 Å². The van der Waals surface area contributed by atoms with E-state index < -0.39 is 5.82 Å². The van der Waals surface area contributed by atoms with Crippen LogP contribution < -0.4 is 0 Å². The van der Waals surface area contributed by atoms with Crippen molar-refractivity contribution in [1.82, 2.24) is 0 Å². The number of ketones is 1. The van der Waals surface area contributed by atoms with Gasteiger partial charge in [0.25, 0.3) is 0 Å². The van der Waals surface area contributed by atoms with E-state index in [2.05, 4.69) is 15.9 Å². The van der Waals surface area contributed by atoms with Gasteiger partial charge in [-0.25, -0.2) is 4.39 Å². The molecule has 4 heteroatoms. The first kappa shape index (κ1) is 10.9. The van der Waals surface area contributed by atoms with Gasteiger partial charge in [-0.1, -0.05) is 15.9 Å². The summed E-state index contributed by atoms with van der Waals surface area (Å²) < 4.78 is 13.4. The largest absolute Gasteiger partial charge is 0.293 e. The Kier molecular flexibility index (Phi) is 3.37. The molecule has 0 unspecified atom stereocenters. The van der Waals surface area contributed by atoms with Crippen molar-refractivity contribution in [3.05, 3.63) is 34.6 Å². The number of benzene rings is 1. The van der Waals surface area contributed by atoms with Crippen LogP contribution in [0.1, 0.15) is 21.5 Å². The highest BCUT2D eigenvalue weighted by molar-refractivity contribution is 9.09. The molecule has 0 saturated heterocycles. The third-order valence-electron chi connectivity index (χ3n) is 1.81. The highest BCUT2D eigenvalue weighted by Gasteiger charge is 2.13. The van der Waals surface area contributed by atoms with Crippen molar-refractivity contribution in [2.45, 2.75) is 6.92 Å². The molecule has 0 heterocycles. The van der Waals surface area contributed by atoms with Crippen molar-refractivity contribution < 1.29 is 9.18 Å². The lowest BCUT2D eigenvalue weighted by atomic mass is 10.0. The average molecular weight is 256 g/mol. The maximum absolute atomic E-state index is 13.4. The Bertz CT molecular complexity index is 423. The molecule has 0 aliphatic heterocycles. The predicted octanol–water partition coefficient (Wildman–Crippen LogP) is 2.58. The Balaban J connectivity index is 3.36. The molecule has 1 aromatic rings. The molecule has 0 bridgehead atoms. The second kappa shape index (κ2) is 4.34. The van der Waals surface area contributed by atoms with Gasteiger partial charge in [-0.15, -0.1) is 0 Å². The number of nitriles is 1. The van der Waals surface area contributed by atoms with Crippen LogP contribution in [0.3, 0.4) is 0 Å². The molecule has 0 N–H and O–H groups in total. The van der Waals surface area contributed by atoms with E-state index in [1.807, 2.05) is 6.07 Å². The summed E-state index contributed by atoms with van der Waals surface area (Å²) in [5.74, 6) is -0.906. The number of nitrogens with zero attached hydrogens (tertiary/aromatic N) is 1. The van der Waals surface area contributed by atoms with E-state index in [0.717, 1.165) is 0 Å². The molecular formula is C10H7BrFNO. The summed E-state index contributed by atoms with van der Waals surface area (Å²) in [6.45, 7) is 1.53. The van der Waals surface area contributed by atoms with Gasteiger partial charge in [0.2, 0.25) is 0 Å². The number of hydrogen-bond donors (Lipinski definition) is 0. The van der Waals surface area contributed by atoms with Crippen LogP contribution in [0.5, 0.6) is 0 Å². The predicted molar refractivity (Wildman–Crippen MR) is 54.0 cm³/mol. The van der Waals surface area contributed by atoms with Crippen LogP contribution in [0.4, 0.5) is 4.39 Å². The van der Waals surface area contributed by atoms with Crippen molar-refractivity contribution in [2.24, 2.45) is 0 Å². The Labute approximate surface area is 89.5 Å². The van der Waals surface area contributed by atoms with E-state index in [1.54, 1.807) is 0 Å². The van der Waals surface area contributed by atoms with Gasteiger partial charge in [-0.05, 0) is 24.6 Å². The summed E-state index contributed by atoms with van der Waals surface area (Å²) in [6.07, 6.45) is 0. The molecule has 0 aliphatic rings. The molecule has 0 spiro atoms. The first-order valence-electron chi connectivity index (χ1n) is 3.89. The Morgan fingerprint density at radius 2 is 2.29 bits per heavy atom. The van der Waals surface area contributed by atoms with Gasteiger partial charge in [0.15, 0.2) is 5.78 Å². The molecule has 0 saturated carbocycles. The van der Waals surface area contributed by atoms with Crippen molar-refractivity contribution >= 4 is 21.7 Å². The van der Waals surface area contributed by atoms with Gasteiger partial charge in [0.1, 0.15) is 5.82 Å². The van der Waals surface area contributed by atoms with E-state index in [1.165, 1.54) is 19.1 Å². The minimum atomic E-state index is -0.548. The first-order valence-corrected chi connectivity index (χ1v) is 5.01. The smallest absolute Gasteiger partial charge is 0.176 e. The lowest BCUT2D eigenvalue weighted by Crippen LogP contribution is -2.05. The number of carbonyl (C=O) groups is 1.